The van der Waals surface area contributed by atoms with Gasteiger partial charge in [-0.05, 0) is 48.1 Å². The van der Waals surface area contributed by atoms with Gasteiger partial charge in [-0.1, -0.05) is 69.5 Å². The number of alkyl halides is 1. The minimum Gasteiger partial charge on any atom is -0.0921 e. The van der Waals surface area contributed by atoms with Crippen molar-refractivity contribution >= 4 is 39.1 Å². The lowest BCUT2D eigenvalue weighted by Gasteiger charge is -2.17. The van der Waals surface area contributed by atoms with Crippen LogP contribution in [0.3, 0.4) is 0 Å². The normalized spacial score (nSPS) is 12.4. The van der Waals surface area contributed by atoms with Gasteiger partial charge in [0.15, 0.2) is 0 Å². The number of aryl methyl sites for hydroxylation is 1. The van der Waals surface area contributed by atoms with Crippen LogP contribution in [0.2, 0.25) is 10.0 Å². The Morgan fingerprint density at radius 1 is 1.05 bits per heavy atom. The predicted octanol–water partition coefficient (Wildman–Crippen LogP) is 6.02. The Morgan fingerprint density at radius 2 is 1.79 bits per heavy atom. The van der Waals surface area contributed by atoms with Crippen LogP contribution in [-0.2, 0) is 6.42 Å². The van der Waals surface area contributed by atoms with Crippen LogP contribution in [0.5, 0.6) is 0 Å². The van der Waals surface area contributed by atoms with Crippen molar-refractivity contribution in [3.8, 4) is 0 Å². The number of hydrogen-bond acceptors (Lipinski definition) is 0. The first kappa shape index (κ1) is 14.9. The number of halogens is 3. The highest BCUT2D eigenvalue weighted by Gasteiger charge is 2.13. The van der Waals surface area contributed by atoms with E-state index in [1.807, 2.05) is 18.2 Å². The van der Waals surface area contributed by atoms with Crippen molar-refractivity contribution in [1.82, 2.24) is 0 Å². The van der Waals surface area contributed by atoms with Gasteiger partial charge in [0.2, 0.25) is 0 Å². The molecule has 19 heavy (non-hydrogen) atoms. The lowest BCUT2D eigenvalue weighted by Crippen LogP contribution is -2.06. The Balaban J connectivity index is 2.24. The molecular formula is C16H15BrCl2. The standard InChI is InChI=1S/C16H15BrCl2/c1-11-4-2-3-5-14(11)13(10-17)8-12-6-7-15(18)16(19)9-12/h2-7,9,13H,8,10H2,1H3. The number of hydrogen-bond donors (Lipinski definition) is 0. The van der Waals surface area contributed by atoms with Crippen molar-refractivity contribution in [3.05, 3.63) is 69.2 Å². The summed E-state index contributed by atoms with van der Waals surface area (Å²) in [6.07, 6.45) is 0.951. The lowest BCUT2D eigenvalue weighted by atomic mass is 9.91. The summed E-state index contributed by atoms with van der Waals surface area (Å²) in [4.78, 5) is 0. The van der Waals surface area contributed by atoms with Gasteiger partial charge in [-0.25, -0.2) is 0 Å². The zero-order chi connectivity index (χ0) is 13.8. The highest BCUT2D eigenvalue weighted by molar-refractivity contribution is 9.09. The molecule has 100 valence electrons. The Kier molecular flexibility index (Phi) is 5.32. The van der Waals surface area contributed by atoms with Crippen LogP contribution in [0, 0.1) is 6.92 Å². The van der Waals surface area contributed by atoms with Crippen LogP contribution < -0.4 is 0 Å². The quantitative estimate of drug-likeness (QED) is 0.586. The van der Waals surface area contributed by atoms with Crippen molar-refractivity contribution < 1.29 is 0 Å². The third-order valence-corrected chi connectivity index (χ3v) is 4.80. The van der Waals surface area contributed by atoms with E-state index >= 15 is 0 Å². The van der Waals surface area contributed by atoms with Gasteiger partial charge in [0, 0.05) is 5.33 Å². The van der Waals surface area contributed by atoms with E-state index in [2.05, 4.69) is 47.1 Å². The highest BCUT2D eigenvalue weighted by atomic mass is 79.9. The summed E-state index contributed by atoms with van der Waals surface area (Å²) in [7, 11) is 0. The molecule has 0 bridgehead atoms. The van der Waals surface area contributed by atoms with E-state index in [1.54, 1.807) is 0 Å². The molecule has 0 nitrogen and oxygen atoms in total. The SMILES string of the molecule is Cc1ccccc1C(CBr)Cc1ccc(Cl)c(Cl)c1. The summed E-state index contributed by atoms with van der Waals surface area (Å²) < 4.78 is 0. The molecule has 2 rings (SSSR count). The molecule has 0 aliphatic rings. The monoisotopic (exact) mass is 356 g/mol. The Morgan fingerprint density at radius 3 is 2.42 bits per heavy atom. The first-order valence-corrected chi connectivity index (χ1v) is 8.05. The molecule has 1 atom stereocenters. The van der Waals surface area contributed by atoms with Gasteiger partial charge in [-0.3, -0.25) is 0 Å². The fourth-order valence-electron chi connectivity index (χ4n) is 2.24. The summed E-state index contributed by atoms with van der Waals surface area (Å²) in [5.74, 6) is 0.443. The molecule has 0 aliphatic heterocycles. The van der Waals surface area contributed by atoms with Crippen molar-refractivity contribution in [3.63, 3.8) is 0 Å². The molecule has 0 radical (unpaired) electrons. The third kappa shape index (κ3) is 3.75. The third-order valence-electron chi connectivity index (χ3n) is 3.28. The fourth-order valence-corrected chi connectivity index (χ4v) is 3.14. The molecule has 0 N–H and O–H groups in total. The Labute approximate surface area is 132 Å². The average Bonchev–Trinajstić information content (AvgIpc) is 2.41. The largest absolute Gasteiger partial charge is 0.0921 e. The maximum absolute atomic E-state index is 6.07. The maximum Gasteiger partial charge on any atom is 0.0595 e. The summed E-state index contributed by atoms with van der Waals surface area (Å²) in [6.45, 7) is 2.15. The van der Waals surface area contributed by atoms with Crippen molar-refractivity contribution in [2.24, 2.45) is 0 Å². The molecule has 0 amide bonds. The lowest BCUT2D eigenvalue weighted by molar-refractivity contribution is 0.769. The summed E-state index contributed by atoms with van der Waals surface area (Å²) in [5, 5.41) is 2.16. The molecule has 3 heteroatoms. The highest BCUT2D eigenvalue weighted by Crippen LogP contribution is 2.29. The fraction of sp³-hybridized carbons (Fsp3) is 0.250. The van der Waals surface area contributed by atoms with Crippen molar-refractivity contribution in [2.45, 2.75) is 19.3 Å². The molecule has 1 unspecified atom stereocenters. The molecule has 0 spiro atoms. The molecule has 0 fully saturated rings. The first-order valence-electron chi connectivity index (χ1n) is 6.17. The minimum absolute atomic E-state index is 0.443. The van der Waals surface area contributed by atoms with Crippen LogP contribution in [0.25, 0.3) is 0 Å². The predicted molar refractivity (Wildman–Crippen MR) is 87.9 cm³/mol. The van der Waals surface area contributed by atoms with Gasteiger partial charge >= 0.3 is 0 Å². The number of benzene rings is 2. The Bertz CT molecular complexity index is 566. The smallest absolute Gasteiger partial charge is 0.0595 e. The van der Waals surface area contributed by atoms with E-state index in [0.717, 1.165) is 11.8 Å². The summed E-state index contributed by atoms with van der Waals surface area (Å²) >= 11 is 15.6. The van der Waals surface area contributed by atoms with Crippen molar-refractivity contribution in [1.29, 1.82) is 0 Å². The van der Waals surface area contributed by atoms with E-state index in [9.17, 15) is 0 Å². The molecular weight excluding hydrogens is 343 g/mol. The first-order chi connectivity index (χ1) is 9.11. The van der Waals surface area contributed by atoms with E-state index < -0.39 is 0 Å². The second-order valence-electron chi connectivity index (χ2n) is 4.66. The van der Waals surface area contributed by atoms with Crippen molar-refractivity contribution in [2.75, 3.05) is 5.33 Å². The van der Waals surface area contributed by atoms with Gasteiger partial charge < -0.3 is 0 Å². The molecule has 0 saturated carbocycles. The van der Waals surface area contributed by atoms with Crippen LogP contribution in [-0.4, -0.2) is 5.33 Å². The van der Waals surface area contributed by atoms with Gasteiger partial charge in [0.05, 0.1) is 10.0 Å². The molecule has 0 saturated heterocycles. The van der Waals surface area contributed by atoms with E-state index in [-0.39, 0.29) is 0 Å². The molecule has 0 aliphatic carbocycles. The van der Waals surface area contributed by atoms with Gasteiger partial charge in [-0.15, -0.1) is 0 Å². The van der Waals surface area contributed by atoms with E-state index in [1.165, 1.54) is 16.7 Å². The van der Waals surface area contributed by atoms with Gasteiger partial charge in [-0.2, -0.15) is 0 Å². The number of rotatable bonds is 4. The zero-order valence-electron chi connectivity index (χ0n) is 10.7. The van der Waals surface area contributed by atoms with E-state index in [0.29, 0.717) is 16.0 Å². The average molecular weight is 358 g/mol. The van der Waals surface area contributed by atoms with Crippen LogP contribution in [0.1, 0.15) is 22.6 Å². The summed E-state index contributed by atoms with van der Waals surface area (Å²) in [6, 6.07) is 14.4. The van der Waals surface area contributed by atoms with Crippen LogP contribution in [0.4, 0.5) is 0 Å². The van der Waals surface area contributed by atoms with Gasteiger partial charge in [0.1, 0.15) is 0 Å². The van der Waals surface area contributed by atoms with Crippen LogP contribution in [0.15, 0.2) is 42.5 Å². The second kappa shape index (κ2) is 6.78. The zero-order valence-corrected chi connectivity index (χ0v) is 13.8. The van der Waals surface area contributed by atoms with E-state index in [4.69, 9.17) is 23.2 Å². The Hall–Kier alpha value is -0.500. The minimum atomic E-state index is 0.443. The topological polar surface area (TPSA) is 0 Å². The maximum atomic E-state index is 6.07. The molecule has 2 aromatic rings. The molecule has 2 aromatic carbocycles. The molecule has 0 aromatic heterocycles. The second-order valence-corrected chi connectivity index (χ2v) is 6.12. The summed E-state index contributed by atoms with van der Waals surface area (Å²) in [5.41, 5.74) is 3.92. The van der Waals surface area contributed by atoms with Gasteiger partial charge in [0.25, 0.3) is 0 Å². The molecule has 0 heterocycles. The van der Waals surface area contributed by atoms with Crippen LogP contribution >= 0.6 is 39.1 Å².